The fraction of sp³-hybridized carbons (Fsp3) is 0.348. The number of carbonyl (C=O) groups excluding carboxylic acids is 3. The number of aromatic hydroxyl groups is 1. The highest BCUT2D eigenvalue weighted by atomic mass is 16.3. The molecule has 4 unspecified atom stereocenters. The molecule has 0 bridgehead atoms. The molecule has 1 aromatic carbocycles. The number of hydrogen-bond donors (Lipinski definition) is 6. The second-order valence-electron chi connectivity index (χ2n) is 9.11. The summed E-state index contributed by atoms with van der Waals surface area (Å²) in [5.74, 6) is -6.89. The number of amides is 1. The van der Waals surface area contributed by atoms with E-state index in [0.717, 1.165) is 0 Å². The summed E-state index contributed by atoms with van der Waals surface area (Å²) < 4.78 is 1.45. The quantitative estimate of drug-likeness (QED) is 0.304. The van der Waals surface area contributed by atoms with Crippen molar-refractivity contribution in [2.24, 2.45) is 24.6 Å². The molecule has 12 heteroatoms. The summed E-state index contributed by atoms with van der Waals surface area (Å²) in [4.78, 5) is 39.0. The van der Waals surface area contributed by atoms with Crippen molar-refractivity contribution in [2.45, 2.75) is 31.0 Å². The number of hydrogen-bond acceptors (Lipinski definition) is 10. The van der Waals surface area contributed by atoms with Crippen LogP contribution in [0.2, 0.25) is 0 Å². The molecule has 1 amide bonds. The molecule has 0 aliphatic heterocycles. The summed E-state index contributed by atoms with van der Waals surface area (Å²) in [7, 11) is 1.66. The number of Topliss-reactive ketones (excluding diaryl/α,β-unsaturated/α-hetero) is 2. The summed E-state index contributed by atoms with van der Waals surface area (Å²) in [6.07, 6.45) is 1.86. The van der Waals surface area contributed by atoms with Crippen LogP contribution in [0.15, 0.2) is 41.3 Å². The van der Waals surface area contributed by atoms with Gasteiger partial charge in [0.2, 0.25) is 5.78 Å². The van der Waals surface area contributed by atoms with Crippen LogP contribution in [0.25, 0.3) is 5.76 Å². The van der Waals surface area contributed by atoms with E-state index in [2.05, 4.69) is 15.6 Å². The summed E-state index contributed by atoms with van der Waals surface area (Å²) in [6, 6.07) is 3.40. The molecule has 1 aromatic heterocycles. The maximum Gasteiger partial charge on any atom is 0.255 e. The molecule has 1 fully saturated rings. The summed E-state index contributed by atoms with van der Waals surface area (Å²) in [5, 5.41) is 54.4. The highest BCUT2D eigenvalue weighted by Gasteiger charge is 2.63. The largest absolute Gasteiger partial charge is 0.508 e. The molecule has 0 radical (unpaired) electrons. The molecule has 0 saturated heterocycles. The van der Waals surface area contributed by atoms with Gasteiger partial charge in [-0.3, -0.25) is 19.1 Å². The fourth-order valence-electron chi connectivity index (χ4n) is 5.54. The van der Waals surface area contributed by atoms with Gasteiger partial charge in [0.1, 0.15) is 22.8 Å². The van der Waals surface area contributed by atoms with Crippen molar-refractivity contribution < 1.29 is 34.8 Å². The first kappa shape index (κ1) is 22.7. The number of nitrogens with two attached hydrogens (primary N) is 1. The molecule has 12 nitrogen and oxygen atoms in total. The number of nitrogens with one attached hydrogen (secondary N) is 1. The molecule has 7 N–H and O–H groups in total. The van der Waals surface area contributed by atoms with Gasteiger partial charge >= 0.3 is 0 Å². The number of fused-ring (bicyclic) bond motifs is 3. The van der Waals surface area contributed by atoms with Gasteiger partial charge in [0.25, 0.3) is 5.91 Å². The number of benzene rings is 1. The van der Waals surface area contributed by atoms with Crippen LogP contribution in [-0.2, 0) is 34.4 Å². The Labute approximate surface area is 198 Å². The monoisotopic (exact) mass is 481 g/mol. The summed E-state index contributed by atoms with van der Waals surface area (Å²) >= 11 is 0. The predicted octanol–water partition coefficient (Wildman–Crippen LogP) is -0.679. The molecule has 182 valence electrons. The molecular formula is C23H23N5O7. The van der Waals surface area contributed by atoms with E-state index in [9.17, 15) is 34.8 Å². The van der Waals surface area contributed by atoms with Crippen molar-refractivity contribution in [2.75, 3.05) is 0 Å². The van der Waals surface area contributed by atoms with Gasteiger partial charge < -0.3 is 31.5 Å². The van der Waals surface area contributed by atoms with Gasteiger partial charge in [0, 0.05) is 31.3 Å². The van der Waals surface area contributed by atoms with Gasteiger partial charge in [-0.1, -0.05) is 17.3 Å². The summed E-state index contributed by atoms with van der Waals surface area (Å²) in [5.41, 5.74) is 2.70. The van der Waals surface area contributed by atoms with Gasteiger partial charge in [-0.15, -0.1) is 5.10 Å². The predicted molar refractivity (Wildman–Crippen MR) is 118 cm³/mol. The Morgan fingerprint density at radius 2 is 2.03 bits per heavy atom. The minimum Gasteiger partial charge on any atom is -0.508 e. The Morgan fingerprint density at radius 3 is 2.69 bits per heavy atom. The second-order valence-corrected chi connectivity index (χ2v) is 9.11. The topological polar surface area (TPSA) is 201 Å². The van der Waals surface area contributed by atoms with E-state index in [1.165, 1.54) is 10.7 Å². The zero-order valence-corrected chi connectivity index (χ0v) is 18.6. The van der Waals surface area contributed by atoms with E-state index >= 15 is 0 Å². The average Bonchev–Trinajstić information content (AvgIpc) is 3.21. The number of ketones is 2. The lowest BCUT2D eigenvalue weighted by molar-refractivity contribution is -0.150. The third-order valence-electron chi connectivity index (χ3n) is 7.09. The molecule has 1 heterocycles. The number of phenols is 1. The van der Waals surface area contributed by atoms with Crippen LogP contribution in [0.5, 0.6) is 5.75 Å². The van der Waals surface area contributed by atoms with Crippen molar-refractivity contribution in [3.05, 3.63) is 58.1 Å². The Kier molecular flexibility index (Phi) is 5.04. The SMILES string of the molecule is Cn1cc(CNC2C(=O)C(C(N)=O)=C(O)C3(O)C(=O)C4=C(O)c5c(O)cccc5CC4CC23)nn1. The normalized spacial score (nSPS) is 28.0. The first-order valence-electron chi connectivity index (χ1n) is 10.9. The number of primary amides is 1. The number of aryl methyl sites for hydroxylation is 1. The first-order valence-corrected chi connectivity index (χ1v) is 10.9. The molecule has 4 atom stereocenters. The lowest BCUT2D eigenvalue weighted by atomic mass is 9.57. The van der Waals surface area contributed by atoms with E-state index in [4.69, 9.17) is 5.73 Å². The number of carbonyl (C=O) groups is 3. The maximum atomic E-state index is 13.7. The maximum absolute atomic E-state index is 13.7. The second kappa shape index (κ2) is 7.75. The van der Waals surface area contributed by atoms with Crippen LogP contribution < -0.4 is 11.1 Å². The van der Waals surface area contributed by atoms with Crippen molar-refractivity contribution in [3.8, 4) is 5.75 Å². The summed E-state index contributed by atoms with van der Waals surface area (Å²) in [6.45, 7) is 0.0210. The van der Waals surface area contributed by atoms with Crippen LogP contribution >= 0.6 is 0 Å². The van der Waals surface area contributed by atoms with Gasteiger partial charge in [0.05, 0.1) is 17.3 Å². The smallest absolute Gasteiger partial charge is 0.255 e. The zero-order valence-electron chi connectivity index (χ0n) is 18.6. The highest BCUT2D eigenvalue weighted by Crippen LogP contribution is 2.51. The Morgan fingerprint density at radius 1 is 1.29 bits per heavy atom. The number of aliphatic hydroxyl groups is 3. The highest BCUT2D eigenvalue weighted by molar-refractivity contribution is 6.24. The standard InChI is InChI=1S/C23H23N5O7/c1-28-8-11(26-27-28)7-25-17-12-6-10-5-9-3-2-4-13(29)14(9)18(30)15(10)20(32)23(12,35)21(33)16(19(17)31)22(24)34/h2-4,8,10,12,17,25,29-30,33,35H,5-7H2,1H3,(H2,24,34). The number of phenolic OH excluding ortho intramolecular Hbond substituents is 1. The molecular weight excluding hydrogens is 458 g/mol. The van der Waals surface area contributed by atoms with Crippen molar-refractivity contribution >= 4 is 23.2 Å². The van der Waals surface area contributed by atoms with Crippen LogP contribution in [0.3, 0.4) is 0 Å². The van der Waals surface area contributed by atoms with Crippen molar-refractivity contribution in [3.63, 3.8) is 0 Å². The third kappa shape index (κ3) is 3.17. The van der Waals surface area contributed by atoms with Gasteiger partial charge in [-0.05, 0) is 30.4 Å². The Hall–Kier alpha value is -4.03. The van der Waals surface area contributed by atoms with E-state index in [1.807, 2.05) is 0 Å². The Bertz CT molecular complexity index is 1360. The number of nitrogens with zero attached hydrogens (tertiary/aromatic N) is 3. The molecule has 3 aliphatic rings. The molecule has 5 rings (SSSR count). The van der Waals surface area contributed by atoms with Crippen LogP contribution in [0, 0.1) is 11.8 Å². The van der Waals surface area contributed by atoms with Gasteiger partial charge in [-0.25, -0.2) is 0 Å². The van der Waals surface area contributed by atoms with Crippen LogP contribution in [0.1, 0.15) is 23.2 Å². The first-order chi connectivity index (χ1) is 16.6. The van der Waals surface area contributed by atoms with E-state index in [0.29, 0.717) is 11.3 Å². The van der Waals surface area contributed by atoms with Gasteiger partial charge in [0.15, 0.2) is 11.4 Å². The van der Waals surface area contributed by atoms with Crippen molar-refractivity contribution in [1.29, 1.82) is 0 Å². The van der Waals surface area contributed by atoms with E-state index in [1.54, 1.807) is 25.4 Å². The lowest BCUT2D eigenvalue weighted by Crippen LogP contribution is -2.66. The minimum absolute atomic E-state index is 0.0106. The molecule has 1 saturated carbocycles. The van der Waals surface area contributed by atoms with Crippen LogP contribution in [0.4, 0.5) is 0 Å². The van der Waals surface area contributed by atoms with E-state index < -0.39 is 58.0 Å². The molecule has 2 aromatic rings. The van der Waals surface area contributed by atoms with Gasteiger partial charge in [-0.2, -0.15) is 0 Å². The van der Waals surface area contributed by atoms with Crippen LogP contribution in [-0.4, -0.2) is 64.5 Å². The zero-order chi connectivity index (χ0) is 25.2. The molecule has 0 spiro atoms. The van der Waals surface area contributed by atoms with E-state index in [-0.39, 0.29) is 36.3 Å². The lowest BCUT2D eigenvalue weighted by Gasteiger charge is -2.49. The van der Waals surface area contributed by atoms with Crippen molar-refractivity contribution in [1.82, 2.24) is 20.3 Å². The molecule has 3 aliphatic carbocycles. The number of aliphatic hydroxyl groups excluding tert-OH is 2. The number of aromatic nitrogens is 3. The molecule has 35 heavy (non-hydrogen) atoms. The minimum atomic E-state index is -2.69. The third-order valence-corrected chi connectivity index (χ3v) is 7.09. The Balaban J connectivity index is 1.63. The fourth-order valence-corrected chi connectivity index (χ4v) is 5.54. The number of rotatable bonds is 4. The average molecular weight is 481 g/mol.